The number of aromatic nitrogens is 3. The predicted molar refractivity (Wildman–Crippen MR) is 135 cm³/mol. The Labute approximate surface area is 203 Å². The maximum absolute atomic E-state index is 6.51. The third kappa shape index (κ3) is 4.61. The first-order valence-corrected chi connectivity index (χ1v) is 12.8. The summed E-state index contributed by atoms with van der Waals surface area (Å²) in [6.07, 6.45) is 9.74. The van der Waals surface area contributed by atoms with E-state index in [4.69, 9.17) is 16.6 Å². The molecule has 0 saturated carbocycles. The number of pyridine rings is 1. The second kappa shape index (κ2) is 9.60. The molecular formula is C28H35ClN4. The Morgan fingerprint density at radius 1 is 1.06 bits per heavy atom. The zero-order valence-corrected chi connectivity index (χ0v) is 20.9. The van der Waals surface area contributed by atoms with E-state index >= 15 is 0 Å². The lowest BCUT2D eigenvalue weighted by Gasteiger charge is -2.35. The van der Waals surface area contributed by atoms with E-state index in [2.05, 4.69) is 65.7 Å². The molecule has 1 aromatic carbocycles. The topological polar surface area (TPSA) is 34.0 Å². The molecule has 2 atom stereocenters. The number of rotatable bonds is 5. The Kier molecular flexibility index (Phi) is 6.58. The van der Waals surface area contributed by atoms with Gasteiger partial charge in [-0.25, -0.2) is 4.98 Å². The van der Waals surface area contributed by atoms with Crippen LogP contribution in [-0.4, -0.2) is 39.6 Å². The van der Waals surface area contributed by atoms with E-state index in [1.54, 1.807) is 0 Å². The van der Waals surface area contributed by atoms with Crippen LogP contribution in [0.3, 0.4) is 0 Å². The lowest BCUT2D eigenvalue weighted by atomic mass is 9.76. The average Bonchev–Trinajstić information content (AvgIpc) is 3.06. The van der Waals surface area contributed by atoms with Crippen molar-refractivity contribution >= 4 is 11.6 Å². The molecule has 5 heteroatoms. The van der Waals surface area contributed by atoms with Gasteiger partial charge in [-0.2, -0.15) is 0 Å². The van der Waals surface area contributed by atoms with Gasteiger partial charge in [0.1, 0.15) is 0 Å². The van der Waals surface area contributed by atoms with E-state index in [-0.39, 0.29) is 0 Å². The van der Waals surface area contributed by atoms with Gasteiger partial charge in [0, 0.05) is 29.4 Å². The van der Waals surface area contributed by atoms with Crippen molar-refractivity contribution < 1.29 is 0 Å². The summed E-state index contributed by atoms with van der Waals surface area (Å²) >= 11 is 6.51. The number of hydrogen-bond donors (Lipinski definition) is 0. The molecule has 2 aliphatic rings. The fourth-order valence-corrected chi connectivity index (χ4v) is 6.18. The number of aryl methyl sites for hydroxylation is 2. The molecule has 0 bridgehead atoms. The second-order valence-corrected chi connectivity index (χ2v) is 10.5. The third-order valence-corrected chi connectivity index (χ3v) is 8.28. The minimum atomic E-state index is 0.366. The van der Waals surface area contributed by atoms with Crippen LogP contribution in [0.1, 0.15) is 71.3 Å². The fourth-order valence-electron chi connectivity index (χ4n) is 5.99. The minimum absolute atomic E-state index is 0.366. The Morgan fingerprint density at radius 3 is 2.64 bits per heavy atom. The number of imidazole rings is 1. The van der Waals surface area contributed by atoms with Gasteiger partial charge in [-0.05, 0) is 113 Å². The first-order chi connectivity index (χ1) is 16.0. The van der Waals surface area contributed by atoms with Gasteiger partial charge in [-0.15, -0.1) is 0 Å². The normalized spacial score (nSPS) is 21.5. The molecule has 0 amide bonds. The summed E-state index contributed by atoms with van der Waals surface area (Å²) in [5.74, 6) is 1.46. The Bertz CT molecular complexity index is 1110. The standard InChI is InChI=1S/C28H35ClN4/c1-19-20(2)33(18-31-19)13-5-6-22-16-23-17-24(29)8-9-25(23)27(21-10-14-32(3)15-11-21)28-26(22)7-4-12-30-28/h4,7-9,12,17-18,21-22,27H,5-6,10-11,13-16H2,1-3H3. The van der Waals surface area contributed by atoms with E-state index in [1.165, 1.54) is 54.0 Å². The summed E-state index contributed by atoms with van der Waals surface area (Å²) in [5.41, 5.74) is 8.04. The average molecular weight is 463 g/mol. The first-order valence-electron chi connectivity index (χ1n) is 12.4. The van der Waals surface area contributed by atoms with Crippen LogP contribution in [-0.2, 0) is 13.0 Å². The zero-order chi connectivity index (χ0) is 22.9. The third-order valence-electron chi connectivity index (χ3n) is 8.04. The summed E-state index contributed by atoms with van der Waals surface area (Å²) in [7, 11) is 2.24. The van der Waals surface area contributed by atoms with Gasteiger partial charge < -0.3 is 9.47 Å². The lowest BCUT2D eigenvalue weighted by molar-refractivity contribution is 0.206. The molecule has 1 aliphatic carbocycles. The van der Waals surface area contributed by atoms with Crippen LogP contribution in [0.5, 0.6) is 0 Å². The zero-order valence-electron chi connectivity index (χ0n) is 20.1. The monoisotopic (exact) mass is 462 g/mol. The quantitative estimate of drug-likeness (QED) is 0.456. The molecule has 0 N–H and O–H groups in total. The Morgan fingerprint density at radius 2 is 1.88 bits per heavy atom. The highest BCUT2D eigenvalue weighted by atomic mass is 35.5. The number of nitrogens with zero attached hydrogens (tertiary/aromatic N) is 4. The molecule has 1 fully saturated rings. The maximum Gasteiger partial charge on any atom is 0.0951 e. The maximum atomic E-state index is 6.51. The summed E-state index contributed by atoms with van der Waals surface area (Å²) in [4.78, 5) is 12.0. The van der Waals surface area contributed by atoms with Gasteiger partial charge in [-0.1, -0.05) is 23.7 Å². The summed E-state index contributed by atoms with van der Waals surface area (Å²) in [6.45, 7) is 7.60. The number of fused-ring (bicyclic) bond motifs is 2. The fraction of sp³-hybridized carbons (Fsp3) is 0.500. The van der Waals surface area contributed by atoms with Gasteiger partial charge in [-0.3, -0.25) is 4.98 Å². The number of piperidine rings is 1. The van der Waals surface area contributed by atoms with Crippen LogP contribution < -0.4 is 0 Å². The van der Waals surface area contributed by atoms with Gasteiger partial charge >= 0.3 is 0 Å². The number of benzene rings is 1. The van der Waals surface area contributed by atoms with Crippen molar-refractivity contribution in [2.75, 3.05) is 20.1 Å². The number of hydrogen-bond acceptors (Lipinski definition) is 3. The van der Waals surface area contributed by atoms with Crippen molar-refractivity contribution in [2.45, 2.75) is 64.3 Å². The number of halogens is 1. The van der Waals surface area contributed by atoms with Gasteiger partial charge in [0.05, 0.1) is 17.7 Å². The van der Waals surface area contributed by atoms with E-state index < -0.39 is 0 Å². The molecular weight excluding hydrogens is 428 g/mol. The Hall–Kier alpha value is -2.17. The van der Waals surface area contributed by atoms with Crippen LogP contribution >= 0.6 is 11.6 Å². The van der Waals surface area contributed by atoms with Gasteiger partial charge in [0.15, 0.2) is 0 Å². The van der Waals surface area contributed by atoms with E-state index in [9.17, 15) is 0 Å². The van der Waals surface area contributed by atoms with Crippen LogP contribution in [0.2, 0.25) is 5.02 Å². The van der Waals surface area contributed by atoms with Crippen molar-refractivity contribution in [1.29, 1.82) is 0 Å². The molecule has 1 aliphatic heterocycles. The molecule has 3 heterocycles. The van der Waals surface area contributed by atoms with Crippen LogP contribution in [0, 0.1) is 19.8 Å². The molecule has 4 nitrogen and oxygen atoms in total. The van der Waals surface area contributed by atoms with Crippen molar-refractivity contribution in [3.8, 4) is 0 Å². The van der Waals surface area contributed by atoms with Crippen molar-refractivity contribution in [3.63, 3.8) is 0 Å². The highest BCUT2D eigenvalue weighted by molar-refractivity contribution is 6.30. The van der Waals surface area contributed by atoms with Crippen LogP contribution in [0.4, 0.5) is 0 Å². The molecule has 1 saturated heterocycles. The van der Waals surface area contributed by atoms with Gasteiger partial charge in [0.2, 0.25) is 0 Å². The smallest absolute Gasteiger partial charge is 0.0951 e. The lowest BCUT2D eigenvalue weighted by Crippen LogP contribution is -2.33. The number of likely N-dealkylation sites (tertiary alicyclic amines) is 1. The summed E-state index contributed by atoms with van der Waals surface area (Å²) in [5, 5.41) is 0.845. The largest absolute Gasteiger partial charge is 0.335 e. The molecule has 0 radical (unpaired) electrons. The van der Waals surface area contributed by atoms with Gasteiger partial charge in [0.25, 0.3) is 0 Å². The SMILES string of the molecule is Cc1ncn(CCCC2Cc3cc(Cl)ccc3C(C3CCN(C)CC3)c3ncccc32)c1C. The molecule has 3 aromatic rings. The molecule has 174 valence electrons. The highest BCUT2D eigenvalue weighted by Crippen LogP contribution is 2.46. The van der Waals surface area contributed by atoms with Crippen molar-refractivity contribution in [1.82, 2.24) is 19.4 Å². The van der Waals surface area contributed by atoms with E-state index in [0.717, 1.165) is 36.5 Å². The van der Waals surface area contributed by atoms with E-state index in [1.807, 2.05) is 12.5 Å². The summed E-state index contributed by atoms with van der Waals surface area (Å²) in [6, 6.07) is 11.1. The second-order valence-electron chi connectivity index (χ2n) is 10.1. The highest BCUT2D eigenvalue weighted by Gasteiger charge is 2.35. The molecule has 2 aromatic heterocycles. The molecule has 0 spiro atoms. The predicted octanol–water partition coefficient (Wildman–Crippen LogP) is 6.14. The van der Waals surface area contributed by atoms with Crippen LogP contribution in [0.15, 0.2) is 42.9 Å². The molecule has 5 rings (SSSR count). The minimum Gasteiger partial charge on any atom is -0.335 e. The summed E-state index contributed by atoms with van der Waals surface area (Å²) < 4.78 is 2.29. The molecule has 33 heavy (non-hydrogen) atoms. The Balaban J connectivity index is 1.47. The molecule has 2 unspecified atom stereocenters. The van der Waals surface area contributed by atoms with E-state index in [0.29, 0.717) is 17.8 Å². The first kappa shape index (κ1) is 22.6. The van der Waals surface area contributed by atoms with Crippen LogP contribution in [0.25, 0.3) is 0 Å². The van der Waals surface area contributed by atoms with Crippen molar-refractivity contribution in [2.24, 2.45) is 5.92 Å². The van der Waals surface area contributed by atoms with Crippen molar-refractivity contribution in [3.05, 3.63) is 81.7 Å².